The minimum Gasteiger partial charge on any atom is -0.422 e. The van der Waals surface area contributed by atoms with Gasteiger partial charge in [0.1, 0.15) is 0 Å². The van der Waals surface area contributed by atoms with Gasteiger partial charge in [-0.1, -0.05) is 5.21 Å². The molecule has 3 N–H and O–H groups in total. The van der Waals surface area contributed by atoms with E-state index >= 15 is 0 Å². The molecule has 0 aliphatic rings. The number of aromatic amines is 1. The molecule has 0 bridgehead atoms. The van der Waals surface area contributed by atoms with Crippen LogP contribution in [0.4, 0.5) is 0 Å². The van der Waals surface area contributed by atoms with E-state index in [4.69, 9.17) is 10.0 Å². The molecule has 0 aliphatic carbocycles. The Morgan fingerprint density at radius 2 is 2.38 bits per heavy atom. The summed E-state index contributed by atoms with van der Waals surface area (Å²) in [6.07, 6.45) is 1.24. The average Bonchev–Trinajstić information content (AvgIpc) is 2.12. The highest BCUT2D eigenvalue weighted by molar-refractivity contribution is 6.57. The van der Waals surface area contributed by atoms with Crippen LogP contribution in [0.3, 0.4) is 0 Å². The molecule has 0 atom stereocenters. The van der Waals surface area contributed by atoms with Crippen LogP contribution >= 0.6 is 0 Å². The molecule has 1 aromatic heterocycles. The maximum Gasteiger partial charge on any atom is 0.509 e. The van der Waals surface area contributed by atoms with E-state index in [1.807, 2.05) is 0 Å². The van der Waals surface area contributed by atoms with Crippen molar-refractivity contribution in [2.24, 2.45) is 0 Å². The minimum atomic E-state index is -1.50. The highest BCUT2D eigenvalue weighted by atomic mass is 16.4. The molecule has 0 aromatic carbocycles. The Morgan fingerprint density at radius 3 is 2.62 bits per heavy atom. The molecule has 0 unspecified atom stereocenters. The van der Waals surface area contributed by atoms with Crippen molar-refractivity contribution in [2.45, 2.75) is 0 Å². The molecule has 0 spiro atoms. The zero-order valence-electron chi connectivity index (χ0n) is 3.94. The topological polar surface area (TPSA) is 82.0 Å². The molecule has 0 saturated carbocycles. The summed E-state index contributed by atoms with van der Waals surface area (Å²) in [7, 11) is -1.50. The Morgan fingerprint density at radius 1 is 1.62 bits per heavy atom. The molecular formula is C2H4BN3O2. The summed E-state index contributed by atoms with van der Waals surface area (Å²) >= 11 is 0. The van der Waals surface area contributed by atoms with Crippen LogP contribution in [0.2, 0.25) is 0 Å². The van der Waals surface area contributed by atoms with Crippen LogP contribution in [-0.2, 0) is 0 Å². The van der Waals surface area contributed by atoms with E-state index in [0.29, 0.717) is 0 Å². The normalized spacial score (nSPS) is 9.25. The second-order valence-corrected chi connectivity index (χ2v) is 1.29. The van der Waals surface area contributed by atoms with Gasteiger partial charge in [-0.25, -0.2) is 0 Å². The van der Waals surface area contributed by atoms with Gasteiger partial charge in [0.25, 0.3) is 0 Å². The van der Waals surface area contributed by atoms with Crippen LogP contribution in [0.25, 0.3) is 0 Å². The molecule has 42 valence electrons. The Labute approximate surface area is 45.5 Å². The first-order valence-corrected chi connectivity index (χ1v) is 2.03. The summed E-state index contributed by atoms with van der Waals surface area (Å²) in [5.41, 5.74) is 0.199. The largest absolute Gasteiger partial charge is 0.509 e. The molecule has 0 radical (unpaired) electrons. The fraction of sp³-hybridized carbons (Fsp3) is 0. The Balaban J connectivity index is 2.77. The first-order chi connectivity index (χ1) is 3.80. The maximum absolute atomic E-state index is 8.36. The van der Waals surface area contributed by atoms with E-state index in [2.05, 4.69) is 15.4 Å². The van der Waals surface area contributed by atoms with Crippen molar-refractivity contribution >= 4 is 12.7 Å². The van der Waals surface area contributed by atoms with Crippen molar-refractivity contribution in [1.29, 1.82) is 0 Å². The number of nitrogens with one attached hydrogen (secondary N) is 1. The third kappa shape index (κ3) is 0.851. The van der Waals surface area contributed by atoms with Gasteiger partial charge in [0.15, 0.2) is 0 Å². The lowest BCUT2D eigenvalue weighted by molar-refractivity contribution is 0.424. The molecule has 1 aromatic rings. The van der Waals surface area contributed by atoms with Gasteiger partial charge in [0.05, 0.1) is 11.8 Å². The van der Waals surface area contributed by atoms with Crippen molar-refractivity contribution < 1.29 is 10.0 Å². The number of rotatable bonds is 1. The van der Waals surface area contributed by atoms with E-state index < -0.39 is 7.12 Å². The predicted octanol–water partition coefficient (Wildman–Crippen LogP) is -2.52. The zero-order chi connectivity index (χ0) is 5.98. The summed E-state index contributed by atoms with van der Waals surface area (Å²) in [5, 5.41) is 25.6. The summed E-state index contributed by atoms with van der Waals surface area (Å²) in [6, 6.07) is 0. The summed E-state index contributed by atoms with van der Waals surface area (Å²) in [4.78, 5) is 0. The third-order valence-corrected chi connectivity index (χ3v) is 0.712. The maximum atomic E-state index is 8.36. The van der Waals surface area contributed by atoms with Crippen molar-refractivity contribution in [3.63, 3.8) is 0 Å². The lowest BCUT2D eigenvalue weighted by atomic mass is 9.87. The van der Waals surface area contributed by atoms with Gasteiger partial charge in [0, 0.05) is 0 Å². The van der Waals surface area contributed by atoms with Crippen LogP contribution < -0.4 is 5.59 Å². The van der Waals surface area contributed by atoms with Crippen LogP contribution in [0.5, 0.6) is 0 Å². The lowest BCUT2D eigenvalue weighted by Gasteiger charge is -1.85. The van der Waals surface area contributed by atoms with Crippen molar-refractivity contribution in [3.8, 4) is 0 Å². The SMILES string of the molecule is OB(O)c1cnn[nH]1. The monoisotopic (exact) mass is 113 g/mol. The smallest absolute Gasteiger partial charge is 0.422 e. The van der Waals surface area contributed by atoms with Crippen LogP contribution in [0.15, 0.2) is 6.20 Å². The van der Waals surface area contributed by atoms with Gasteiger partial charge in [-0.3, -0.25) is 5.10 Å². The van der Waals surface area contributed by atoms with E-state index in [1.54, 1.807) is 0 Å². The fourth-order valence-electron chi connectivity index (χ4n) is 0.331. The zero-order valence-corrected chi connectivity index (χ0v) is 3.94. The van der Waals surface area contributed by atoms with E-state index in [9.17, 15) is 0 Å². The summed E-state index contributed by atoms with van der Waals surface area (Å²) in [5.74, 6) is 0. The van der Waals surface area contributed by atoms with Crippen LogP contribution in [0.1, 0.15) is 0 Å². The minimum absolute atomic E-state index is 0.199. The molecule has 5 nitrogen and oxygen atoms in total. The number of hydrogen-bond acceptors (Lipinski definition) is 4. The Kier molecular flexibility index (Phi) is 1.27. The van der Waals surface area contributed by atoms with Gasteiger partial charge in [-0.15, -0.1) is 5.10 Å². The molecule has 8 heavy (non-hydrogen) atoms. The lowest BCUT2D eigenvalue weighted by Crippen LogP contribution is -2.30. The number of H-pyrrole nitrogens is 1. The summed E-state index contributed by atoms with van der Waals surface area (Å²) < 4.78 is 0. The van der Waals surface area contributed by atoms with Gasteiger partial charge < -0.3 is 10.0 Å². The predicted molar refractivity (Wildman–Crippen MR) is 26.2 cm³/mol. The fourth-order valence-corrected chi connectivity index (χ4v) is 0.331. The van der Waals surface area contributed by atoms with Gasteiger partial charge in [0.2, 0.25) is 0 Å². The second kappa shape index (κ2) is 1.93. The number of nitrogens with zero attached hydrogens (tertiary/aromatic N) is 2. The molecular weight excluding hydrogens is 109 g/mol. The third-order valence-electron chi connectivity index (χ3n) is 0.712. The first kappa shape index (κ1) is 5.27. The highest BCUT2D eigenvalue weighted by Crippen LogP contribution is 1.65. The van der Waals surface area contributed by atoms with Crippen LogP contribution in [-0.4, -0.2) is 32.6 Å². The molecule has 0 aliphatic heterocycles. The van der Waals surface area contributed by atoms with E-state index in [1.165, 1.54) is 6.20 Å². The van der Waals surface area contributed by atoms with Gasteiger partial charge >= 0.3 is 7.12 Å². The van der Waals surface area contributed by atoms with Crippen molar-refractivity contribution in [3.05, 3.63) is 6.20 Å². The van der Waals surface area contributed by atoms with Crippen LogP contribution in [0, 0.1) is 0 Å². The van der Waals surface area contributed by atoms with E-state index in [0.717, 1.165) is 0 Å². The second-order valence-electron chi connectivity index (χ2n) is 1.29. The first-order valence-electron chi connectivity index (χ1n) is 2.03. The number of hydrogen-bond donors (Lipinski definition) is 3. The molecule has 0 fully saturated rings. The van der Waals surface area contributed by atoms with Gasteiger partial charge in [-0.2, -0.15) is 0 Å². The molecule has 1 rings (SSSR count). The van der Waals surface area contributed by atoms with Crippen molar-refractivity contribution in [1.82, 2.24) is 15.4 Å². The highest BCUT2D eigenvalue weighted by Gasteiger charge is 2.11. The molecule has 0 saturated heterocycles. The molecule has 6 heteroatoms. The van der Waals surface area contributed by atoms with E-state index in [-0.39, 0.29) is 5.59 Å². The quantitative estimate of drug-likeness (QED) is 0.351. The summed E-state index contributed by atoms with van der Waals surface area (Å²) in [6.45, 7) is 0. The van der Waals surface area contributed by atoms with Gasteiger partial charge in [-0.05, 0) is 0 Å². The van der Waals surface area contributed by atoms with Crippen molar-refractivity contribution in [2.75, 3.05) is 0 Å². The number of aromatic nitrogens is 3. The standard InChI is InChI=1S/C2H4BN3O2/c7-3(8)2-1-4-6-5-2/h1,7-8H,(H,4,5,6). The molecule has 0 amide bonds. The Hall–Kier alpha value is -0.875. The molecule has 1 heterocycles. The Bertz CT molecular complexity index is 150. The average molecular weight is 113 g/mol.